The van der Waals surface area contributed by atoms with Crippen LogP contribution in [-0.2, 0) is 9.53 Å². The van der Waals surface area contributed by atoms with E-state index >= 15 is 0 Å². The number of methoxy groups -OCH3 is 1. The van der Waals surface area contributed by atoms with E-state index in [0.717, 1.165) is 0 Å². The molecule has 0 unspecified atom stereocenters. The number of hydrogen-bond acceptors (Lipinski definition) is 2. The number of rotatable bonds is 3. The highest BCUT2D eigenvalue weighted by Gasteiger charge is 2.03. The van der Waals surface area contributed by atoms with Gasteiger partial charge >= 0.3 is 5.97 Å². The first-order valence-electron chi connectivity index (χ1n) is 3.16. The molecule has 0 fully saturated rings. The van der Waals surface area contributed by atoms with Gasteiger partial charge in [0.1, 0.15) is 0 Å². The molecule has 0 saturated heterocycles. The van der Waals surface area contributed by atoms with Crippen LogP contribution in [0.4, 0.5) is 0 Å². The van der Waals surface area contributed by atoms with Crippen molar-refractivity contribution in [2.45, 2.75) is 13.3 Å². The Morgan fingerprint density at radius 1 is 1.70 bits per heavy atom. The van der Waals surface area contributed by atoms with Gasteiger partial charge in [-0.3, -0.25) is 0 Å². The molecular formula is C8H12O2. The van der Waals surface area contributed by atoms with Crippen molar-refractivity contribution >= 4 is 5.97 Å². The molecule has 0 bridgehead atoms. The van der Waals surface area contributed by atoms with E-state index in [1.807, 2.05) is 6.92 Å². The second-order valence-electron chi connectivity index (χ2n) is 1.77. The molecule has 0 aliphatic heterocycles. The predicted octanol–water partition coefficient (Wildman–Crippen LogP) is 1.68. The van der Waals surface area contributed by atoms with Gasteiger partial charge in [-0.15, -0.1) is 0 Å². The summed E-state index contributed by atoms with van der Waals surface area (Å²) in [5.74, 6) is -0.276. The Bertz CT molecular complexity index is 157. The first-order valence-corrected chi connectivity index (χ1v) is 3.16. The lowest BCUT2D eigenvalue weighted by molar-refractivity contribution is -0.136. The molecular weight excluding hydrogens is 128 g/mol. The van der Waals surface area contributed by atoms with Crippen LogP contribution in [0.5, 0.6) is 0 Å². The summed E-state index contributed by atoms with van der Waals surface area (Å²) in [4.78, 5) is 10.8. The fraction of sp³-hybridized carbons (Fsp3) is 0.375. The first kappa shape index (κ1) is 8.95. The van der Waals surface area contributed by atoms with Gasteiger partial charge in [-0.1, -0.05) is 25.7 Å². The van der Waals surface area contributed by atoms with Crippen LogP contribution in [0.3, 0.4) is 0 Å². The molecule has 0 aliphatic carbocycles. The maximum atomic E-state index is 10.8. The van der Waals surface area contributed by atoms with Crippen LogP contribution in [0, 0.1) is 0 Å². The maximum absolute atomic E-state index is 10.8. The molecule has 0 aromatic heterocycles. The quantitative estimate of drug-likeness (QED) is 0.338. The molecule has 56 valence electrons. The van der Waals surface area contributed by atoms with Gasteiger partial charge in [0.25, 0.3) is 0 Å². The zero-order valence-electron chi connectivity index (χ0n) is 6.39. The van der Waals surface area contributed by atoms with Crippen LogP contribution in [0.2, 0.25) is 0 Å². The van der Waals surface area contributed by atoms with Crippen molar-refractivity contribution in [3.63, 3.8) is 0 Å². The number of ether oxygens (including phenoxy) is 1. The molecule has 0 rings (SSSR count). The number of hydrogen-bond donors (Lipinski definition) is 0. The molecule has 0 aliphatic rings. The highest BCUT2D eigenvalue weighted by atomic mass is 16.5. The average Bonchev–Trinajstić information content (AvgIpc) is 1.99. The van der Waals surface area contributed by atoms with Crippen LogP contribution >= 0.6 is 0 Å². The summed E-state index contributed by atoms with van der Waals surface area (Å²) >= 11 is 0. The van der Waals surface area contributed by atoms with E-state index in [2.05, 4.69) is 11.3 Å². The van der Waals surface area contributed by atoms with Gasteiger partial charge < -0.3 is 4.74 Å². The smallest absolute Gasteiger partial charge is 0.333 e. The molecule has 0 aromatic rings. The highest BCUT2D eigenvalue weighted by Crippen LogP contribution is 2.01. The summed E-state index contributed by atoms with van der Waals surface area (Å²) in [7, 11) is 1.37. The lowest BCUT2D eigenvalue weighted by Gasteiger charge is -1.98. The lowest BCUT2D eigenvalue weighted by Crippen LogP contribution is -2.03. The fourth-order valence-electron chi connectivity index (χ4n) is 0.604. The van der Waals surface area contributed by atoms with Gasteiger partial charge in [0.15, 0.2) is 0 Å². The van der Waals surface area contributed by atoms with E-state index in [-0.39, 0.29) is 5.97 Å². The Hall–Kier alpha value is -1.05. The van der Waals surface area contributed by atoms with E-state index in [9.17, 15) is 4.79 Å². The minimum atomic E-state index is -0.276. The zero-order chi connectivity index (χ0) is 7.98. The van der Waals surface area contributed by atoms with Gasteiger partial charge in [0.2, 0.25) is 0 Å². The minimum Gasteiger partial charge on any atom is -0.466 e. The van der Waals surface area contributed by atoms with Gasteiger partial charge in [-0.05, 0) is 6.42 Å². The fourth-order valence-corrected chi connectivity index (χ4v) is 0.604. The summed E-state index contributed by atoms with van der Waals surface area (Å²) in [5, 5.41) is 0. The molecule has 2 heteroatoms. The summed E-state index contributed by atoms with van der Waals surface area (Å²) < 4.78 is 4.50. The second kappa shape index (κ2) is 4.79. The van der Waals surface area contributed by atoms with E-state index in [4.69, 9.17) is 0 Å². The van der Waals surface area contributed by atoms with Gasteiger partial charge in [-0.25, -0.2) is 4.79 Å². The van der Waals surface area contributed by atoms with Crippen molar-refractivity contribution in [1.82, 2.24) is 0 Å². The van der Waals surface area contributed by atoms with E-state index < -0.39 is 0 Å². The monoisotopic (exact) mass is 140 g/mol. The van der Waals surface area contributed by atoms with Gasteiger partial charge in [-0.2, -0.15) is 0 Å². The van der Waals surface area contributed by atoms with Crippen molar-refractivity contribution in [1.29, 1.82) is 0 Å². The average molecular weight is 140 g/mol. The van der Waals surface area contributed by atoms with Crippen LogP contribution in [-0.4, -0.2) is 13.1 Å². The van der Waals surface area contributed by atoms with Crippen molar-refractivity contribution in [3.8, 4) is 0 Å². The topological polar surface area (TPSA) is 26.3 Å². The van der Waals surface area contributed by atoms with E-state index in [1.54, 1.807) is 12.2 Å². The van der Waals surface area contributed by atoms with Gasteiger partial charge in [0.05, 0.1) is 7.11 Å². The molecule has 2 nitrogen and oxygen atoms in total. The minimum absolute atomic E-state index is 0.276. The Balaban J connectivity index is 4.19. The van der Waals surface area contributed by atoms with E-state index in [0.29, 0.717) is 12.0 Å². The normalized spacial score (nSPS) is 10.8. The third kappa shape index (κ3) is 2.49. The van der Waals surface area contributed by atoms with Crippen LogP contribution in [0.25, 0.3) is 0 Å². The van der Waals surface area contributed by atoms with Gasteiger partial charge in [0, 0.05) is 5.57 Å². The SMILES string of the molecule is C=C/C=C(\CC)C(=O)OC. The van der Waals surface area contributed by atoms with Crippen LogP contribution < -0.4 is 0 Å². The second-order valence-corrected chi connectivity index (χ2v) is 1.77. The molecule has 0 radical (unpaired) electrons. The maximum Gasteiger partial charge on any atom is 0.333 e. The third-order valence-corrected chi connectivity index (χ3v) is 1.15. The number of esters is 1. The first-order chi connectivity index (χ1) is 4.76. The Morgan fingerprint density at radius 2 is 2.30 bits per heavy atom. The molecule has 0 N–H and O–H groups in total. The predicted molar refractivity (Wildman–Crippen MR) is 40.6 cm³/mol. The standard InChI is InChI=1S/C8H12O2/c1-4-6-7(5-2)8(9)10-3/h4,6H,1,5H2,2-3H3/b7-6+. The molecule has 0 amide bonds. The molecule has 10 heavy (non-hydrogen) atoms. The Labute approximate surface area is 61.2 Å². The third-order valence-electron chi connectivity index (χ3n) is 1.15. The van der Waals surface area contributed by atoms with Crippen molar-refractivity contribution in [2.75, 3.05) is 7.11 Å². The largest absolute Gasteiger partial charge is 0.466 e. The summed E-state index contributed by atoms with van der Waals surface area (Å²) in [6, 6.07) is 0. The summed E-state index contributed by atoms with van der Waals surface area (Å²) in [5.41, 5.74) is 0.650. The Kier molecular flexibility index (Phi) is 4.29. The molecule has 0 aromatic carbocycles. The number of carbonyl (C=O) groups is 1. The highest BCUT2D eigenvalue weighted by molar-refractivity contribution is 5.88. The molecule has 0 heterocycles. The molecule has 0 atom stereocenters. The van der Waals surface area contributed by atoms with Crippen molar-refractivity contribution in [3.05, 3.63) is 24.3 Å². The number of carbonyl (C=O) groups excluding carboxylic acids is 1. The van der Waals surface area contributed by atoms with Crippen LogP contribution in [0.1, 0.15) is 13.3 Å². The van der Waals surface area contributed by atoms with E-state index in [1.165, 1.54) is 7.11 Å². The summed E-state index contributed by atoms with van der Waals surface area (Å²) in [6.07, 6.45) is 3.92. The molecule has 0 spiro atoms. The number of allylic oxidation sites excluding steroid dienone is 2. The van der Waals surface area contributed by atoms with Crippen molar-refractivity contribution < 1.29 is 9.53 Å². The molecule has 0 saturated carbocycles. The zero-order valence-corrected chi connectivity index (χ0v) is 6.39. The summed E-state index contributed by atoms with van der Waals surface area (Å²) in [6.45, 7) is 5.38. The lowest BCUT2D eigenvalue weighted by atomic mass is 10.2. The van der Waals surface area contributed by atoms with Crippen LogP contribution in [0.15, 0.2) is 24.3 Å². The Morgan fingerprint density at radius 3 is 2.60 bits per heavy atom. The van der Waals surface area contributed by atoms with Crippen molar-refractivity contribution in [2.24, 2.45) is 0 Å².